The van der Waals surface area contributed by atoms with Crippen molar-refractivity contribution in [1.29, 1.82) is 0 Å². The van der Waals surface area contributed by atoms with Crippen molar-refractivity contribution in [1.82, 2.24) is 4.90 Å². The number of aliphatic hydroxyl groups excluding tert-OH is 2. The van der Waals surface area contributed by atoms with Crippen LogP contribution >= 0.6 is 0 Å². The highest BCUT2D eigenvalue weighted by Crippen LogP contribution is 2.17. The van der Waals surface area contributed by atoms with Crippen molar-refractivity contribution < 1.29 is 14.9 Å². The van der Waals surface area contributed by atoms with E-state index in [1.807, 2.05) is 11.9 Å². The van der Waals surface area contributed by atoms with Crippen molar-refractivity contribution in [3.8, 4) is 0 Å². The third-order valence-electron chi connectivity index (χ3n) is 3.94. The van der Waals surface area contributed by atoms with E-state index in [-0.39, 0.29) is 18.4 Å². The summed E-state index contributed by atoms with van der Waals surface area (Å²) in [6, 6.07) is 0. The molecule has 0 radical (unpaired) electrons. The summed E-state index contributed by atoms with van der Waals surface area (Å²) in [4.78, 5) is 1.93. The number of hydrogen-bond donors (Lipinski definition) is 2. The van der Waals surface area contributed by atoms with Gasteiger partial charge < -0.3 is 14.9 Å². The van der Waals surface area contributed by atoms with Crippen LogP contribution in [0.4, 0.5) is 0 Å². The normalized spacial score (nSPS) is 26.5. The number of ether oxygens (including phenoxy) is 1. The number of rotatable bonds is 9. The Labute approximate surface area is 117 Å². The molecular weight excluding hydrogens is 242 g/mol. The minimum Gasteiger partial charge on any atom is -0.393 e. The average molecular weight is 273 g/mol. The van der Waals surface area contributed by atoms with Crippen LogP contribution in [0.5, 0.6) is 0 Å². The van der Waals surface area contributed by atoms with Gasteiger partial charge in [0.2, 0.25) is 0 Å². The number of likely N-dealkylation sites (tertiary alicyclic amines) is 1. The molecule has 19 heavy (non-hydrogen) atoms. The molecule has 4 nitrogen and oxygen atoms in total. The Kier molecular flexibility index (Phi) is 8.62. The molecule has 0 bridgehead atoms. The van der Waals surface area contributed by atoms with Gasteiger partial charge in [-0.05, 0) is 32.7 Å². The Balaban J connectivity index is 2.00. The number of unbranched alkanes of at least 4 members (excludes halogenated alkanes) is 3. The molecule has 1 aliphatic rings. The summed E-state index contributed by atoms with van der Waals surface area (Å²) < 4.78 is 5.79. The summed E-state index contributed by atoms with van der Waals surface area (Å²) in [5, 5.41) is 19.4. The first-order valence-corrected chi connectivity index (χ1v) is 7.81. The summed E-state index contributed by atoms with van der Waals surface area (Å²) in [7, 11) is 1.92. The van der Waals surface area contributed by atoms with Gasteiger partial charge in [0.25, 0.3) is 0 Å². The highest BCUT2D eigenvalue weighted by molar-refractivity contribution is 4.73. The second kappa shape index (κ2) is 9.70. The quantitative estimate of drug-likeness (QED) is 0.632. The van der Waals surface area contributed by atoms with Crippen LogP contribution in [0.2, 0.25) is 0 Å². The van der Waals surface area contributed by atoms with Gasteiger partial charge in [0.1, 0.15) is 6.23 Å². The topological polar surface area (TPSA) is 52.9 Å². The van der Waals surface area contributed by atoms with Gasteiger partial charge >= 0.3 is 0 Å². The van der Waals surface area contributed by atoms with Gasteiger partial charge in [0.15, 0.2) is 0 Å². The van der Waals surface area contributed by atoms with Gasteiger partial charge in [0, 0.05) is 13.2 Å². The second-order valence-corrected chi connectivity index (χ2v) is 5.78. The standard InChI is InChI=1S/C15H31NO3/c1-3-4-5-6-7-13(17)10-11-19-14-8-9-15(18)16(2)12-14/h13-15,17-18H,3-12H2,1-2H3. The molecule has 0 spiro atoms. The van der Waals surface area contributed by atoms with Gasteiger partial charge in [-0.15, -0.1) is 0 Å². The predicted molar refractivity (Wildman–Crippen MR) is 77.0 cm³/mol. The van der Waals surface area contributed by atoms with E-state index in [0.717, 1.165) is 38.6 Å². The molecule has 2 N–H and O–H groups in total. The van der Waals surface area contributed by atoms with Crippen molar-refractivity contribution in [2.45, 2.75) is 76.7 Å². The van der Waals surface area contributed by atoms with Crippen molar-refractivity contribution in [2.75, 3.05) is 20.2 Å². The zero-order chi connectivity index (χ0) is 14.1. The van der Waals surface area contributed by atoms with Crippen LogP contribution < -0.4 is 0 Å². The lowest BCUT2D eigenvalue weighted by atomic mass is 10.1. The van der Waals surface area contributed by atoms with E-state index in [1.165, 1.54) is 19.3 Å². The molecule has 1 aliphatic heterocycles. The van der Waals surface area contributed by atoms with E-state index < -0.39 is 0 Å². The molecule has 0 aromatic carbocycles. The van der Waals surface area contributed by atoms with E-state index in [0.29, 0.717) is 6.61 Å². The Morgan fingerprint density at radius 2 is 2.00 bits per heavy atom. The van der Waals surface area contributed by atoms with Crippen molar-refractivity contribution in [2.24, 2.45) is 0 Å². The molecular formula is C15H31NO3. The minimum atomic E-state index is -0.316. The summed E-state index contributed by atoms with van der Waals surface area (Å²) in [5.41, 5.74) is 0. The molecule has 114 valence electrons. The van der Waals surface area contributed by atoms with Gasteiger partial charge in [-0.3, -0.25) is 4.90 Å². The van der Waals surface area contributed by atoms with Crippen LogP contribution in [0.15, 0.2) is 0 Å². The van der Waals surface area contributed by atoms with Crippen LogP contribution in [0.1, 0.15) is 58.3 Å². The first-order chi connectivity index (χ1) is 9.13. The molecule has 1 fully saturated rings. The average Bonchev–Trinajstić information content (AvgIpc) is 2.39. The Hall–Kier alpha value is -0.160. The number of aliphatic hydroxyl groups is 2. The summed E-state index contributed by atoms with van der Waals surface area (Å²) >= 11 is 0. The molecule has 3 unspecified atom stereocenters. The molecule has 0 amide bonds. The lowest BCUT2D eigenvalue weighted by Gasteiger charge is -2.34. The van der Waals surface area contributed by atoms with Gasteiger partial charge in [-0.25, -0.2) is 0 Å². The number of likely N-dealkylation sites (N-methyl/N-ethyl adjacent to an activating group) is 1. The van der Waals surface area contributed by atoms with Crippen molar-refractivity contribution in [3.05, 3.63) is 0 Å². The second-order valence-electron chi connectivity index (χ2n) is 5.78. The van der Waals surface area contributed by atoms with Crippen LogP contribution in [0.25, 0.3) is 0 Å². The van der Waals surface area contributed by atoms with Gasteiger partial charge in [-0.1, -0.05) is 32.6 Å². The highest BCUT2D eigenvalue weighted by atomic mass is 16.5. The SMILES string of the molecule is CCCCCCC(O)CCOC1CCC(O)N(C)C1. The molecule has 1 saturated heterocycles. The molecule has 0 aliphatic carbocycles. The van der Waals surface area contributed by atoms with E-state index in [9.17, 15) is 10.2 Å². The van der Waals surface area contributed by atoms with Gasteiger partial charge in [0.05, 0.1) is 12.2 Å². The smallest absolute Gasteiger partial charge is 0.107 e. The first-order valence-electron chi connectivity index (χ1n) is 7.81. The maximum Gasteiger partial charge on any atom is 0.107 e. The highest BCUT2D eigenvalue weighted by Gasteiger charge is 2.24. The number of piperidine rings is 1. The zero-order valence-corrected chi connectivity index (χ0v) is 12.6. The van der Waals surface area contributed by atoms with E-state index >= 15 is 0 Å². The third kappa shape index (κ3) is 7.25. The first kappa shape index (κ1) is 16.9. The fraction of sp³-hybridized carbons (Fsp3) is 1.00. The number of nitrogens with zero attached hydrogens (tertiary/aromatic N) is 1. The molecule has 3 atom stereocenters. The van der Waals surface area contributed by atoms with Crippen molar-refractivity contribution in [3.63, 3.8) is 0 Å². The fourth-order valence-corrected chi connectivity index (χ4v) is 2.55. The van der Waals surface area contributed by atoms with Crippen LogP contribution in [-0.4, -0.2) is 53.7 Å². The Morgan fingerprint density at radius 1 is 1.21 bits per heavy atom. The van der Waals surface area contributed by atoms with Crippen LogP contribution in [0, 0.1) is 0 Å². The zero-order valence-electron chi connectivity index (χ0n) is 12.6. The van der Waals surface area contributed by atoms with Crippen LogP contribution in [-0.2, 0) is 4.74 Å². The Bertz CT molecular complexity index is 225. The van der Waals surface area contributed by atoms with E-state index in [1.54, 1.807) is 0 Å². The molecule has 0 aromatic heterocycles. The molecule has 0 saturated carbocycles. The predicted octanol–water partition coefficient (Wildman–Crippen LogP) is 2.14. The summed E-state index contributed by atoms with van der Waals surface area (Å²) in [5.74, 6) is 0. The molecule has 1 heterocycles. The molecule has 4 heteroatoms. The largest absolute Gasteiger partial charge is 0.393 e. The summed E-state index contributed by atoms with van der Waals surface area (Å²) in [6.07, 6.45) is 7.83. The Morgan fingerprint density at radius 3 is 2.68 bits per heavy atom. The summed E-state index contributed by atoms with van der Waals surface area (Å²) in [6.45, 7) is 3.61. The van der Waals surface area contributed by atoms with Crippen LogP contribution in [0.3, 0.4) is 0 Å². The maximum absolute atomic E-state index is 9.84. The monoisotopic (exact) mass is 273 g/mol. The minimum absolute atomic E-state index is 0.209. The molecule has 1 rings (SSSR count). The van der Waals surface area contributed by atoms with E-state index in [4.69, 9.17) is 4.74 Å². The third-order valence-corrected chi connectivity index (χ3v) is 3.94. The maximum atomic E-state index is 9.84. The van der Waals surface area contributed by atoms with Gasteiger partial charge in [-0.2, -0.15) is 0 Å². The van der Waals surface area contributed by atoms with E-state index in [2.05, 4.69) is 6.92 Å². The van der Waals surface area contributed by atoms with Crippen molar-refractivity contribution >= 4 is 0 Å². The lowest BCUT2D eigenvalue weighted by Crippen LogP contribution is -2.44. The lowest BCUT2D eigenvalue weighted by molar-refractivity contribution is -0.0785. The number of hydrogen-bond acceptors (Lipinski definition) is 4. The fourth-order valence-electron chi connectivity index (χ4n) is 2.55. The molecule has 0 aromatic rings.